The quantitative estimate of drug-likeness (QED) is 0.611. The van der Waals surface area contributed by atoms with E-state index in [1.807, 2.05) is 0 Å². The van der Waals surface area contributed by atoms with Gasteiger partial charge in [0.25, 0.3) is 0 Å². The smallest absolute Gasteiger partial charge is 0.0576 e. The lowest BCUT2D eigenvalue weighted by atomic mass is 10.1. The van der Waals surface area contributed by atoms with Gasteiger partial charge in [0.15, 0.2) is 0 Å². The van der Waals surface area contributed by atoms with E-state index in [-0.39, 0.29) is 0 Å². The summed E-state index contributed by atoms with van der Waals surface area (Å²) in [5.74, 6) is 0. The summed E-state index contributed by atoms with van der Waals surface area (Å²) in [5, 5.41) is 0. The first-order valence-corrected chi connectivity index (χ1v) is 6.86. The molecule has 1 fully saturated rings. The molecule has 0 saturated carbocycles. The zero-order valence-corrected chi connectivity index (χ0v) is 11.5. The zero-order valence-electron chi connectivity index (χ0n) is 11.5. The lowest BCUT2D eigenvalue weighted by Gasteiger charge is -2.08. The maximum absolute atomic E-state index is 5.58. The van der Waals surface area contributed by atoms with Crippen molar-refractivity contribution in [2.75, 3.05) is 20.8 Å². The van der Waals surface area contributed by atoms with Crippen LogP contribution in [0.3, 0.4) is 0 Å². The minimum Gasteiger partial charge on any atom is -0.388 e. The van der Waals surface area contributed by atoms with Crippen molar-refractivity contribution in [2.45, 2.75) is 70.8 Å². The fourth-order valence-corrected chi connectivity index (χ4v) is 2.02. The molecular formula is C14H30O2. The average Bonchev–Trinajstić information content (AvgIpc) is 2.77. The van der Waals surface area contributed by atoms with Crippen LogP contribution in [0, 0.1) is 0 Å². The maximum atomic E-state index is 5.58. The number of hydrogen-bond acceptors (Lipinski definition) is 2. The molecule has 1 aliphatic heterocycles. The molecule has 16 heavy (non-hydrogen) atoms. The Hall–Kier alpha value is -0.0800. The van der Waals surface area contributed by atoms with Gasteiger partial charge in [-0.25, -0.2) is 0 Å². The number of rotatable bonds is 7. The van der Waals surface area contributed by atoms with Crippen molar-refractivity contribution in [1.29, 1.82) is 0 Å². The minimum atomic E-state index is 0.617. The molecule has 0 aliphatic carbocycles. The highest BCUT2D eigenvalue weighted by Crippen LogP contribution is 2.18. The van der Waals surface area contributed by atoms with Crippen LogP contribution < -0.4 is 0 Å². The molecule has 1 heterocycles. The molecule has 2 nitrogen and oxygen atoms in total. The third-order valence-electron chi connectivity index (χ3n) is 2.90. The van der Waals surface area contributed by atoms with E-state index in [9.17, 15) is 0 Å². The molecule has 0 amide bonds. The predicted octanol–water partition coefficient (Wildman–Crippen LogP) is 4.18. The Morgan fingerprint density at radius 1 is 1.06 bits per heavy atom. The highest BCUT2D eigenvalue weighted by molar-refractivity contribution is 4.64. The van der Waals surface area contributed by atoms with Crippen molar-refractivity contribution in [3.05, 3.63) is 0 Å². The fourth-order valence-electron chi connectivity index (χ4n) is 2.02. The van der Waals surface area contributed by atoms with Gasteiger partial charge in [0, 0.05) is 20.8 Å². The first kappa shape index (κ1) is 15.9. The summed E-state index contributed by atoms with van der Waals surface area (Å²) >= 11 is 0. The Morgan fingerprint density at radius 2 is 1.69 bits per heavy atom. The molecule has 0 aromatic carbocycles. The van der Waals surface area contributed by atoms with Gasteiger partial charge in [-0.05, 0) is 19.3 Å². The van der Waals surface area contributed by atoms with Crippen LogP contribution in [-0.2, 0) is 9.47 Å². The number of methoxy groups -OCH3 is 1. The van der Waals surface area contributed by atoms with Crippen LogP contribution in [0.2, 0.25) is 0 Å². The molecule has 0 spiro atoms. The third-order valence-corrected chi connectivity index (χ3v) is 2.90. The molecule has 1 rings (SSSR count). The van der Waals surface area contributed by atoms with E-state index in [1.54, 1.807) is 14.2 Å². The fraction of sp³-hybridized carbons (Fsp3) is 1.00. The second-order valence-corrected chi connectivity index (χ2v) is 4.60. The lowest BCUT2D eigenvalue weighted by Crippen LogP contribution is -2.03. The van der Waals surface area contributed by atoms with Gasteiger partial charge >= 0.3 is 0 Å². The Kier molecular flexibility index (Phi) is 12.9. The SMILES string of the molecule is CCCCCCCCC1CCCO1.COC. The van der Waals surface area contributed by atoms with Crippen LogP contribution in [-0.4, -0.2) is 26.9 Å². The highest BCUT2D eigenvalue weighted by Gasteiger charge is 2.13. The molecule has 1 unspecified atom stereocenters. The standard InChI is InChI=1S/C12H24O.C2H6O/c1-2-3-4-5-6-7-9-12-10-8-11-13-12;1-3-2/h12H,2-11H2,1H3;1-2H3. The van der Waals surface area contributed by atoms with E-state index < -0.39 is 0 Å². The topological polar surface area (TPSA) is 18.5 Å². The van der Waals surface area contributed by atoms with Gasteiger partial charge in [0.2, 0.25) is 0 Å². The highest BCUT2D eigenvalue weighted by atomic mass is 16.5. The summed E-state index contributed by atoms with van der Waals surface area (Å²) in [6.07, 6.45) is 13.0. The molecule has 1 atom stereocenters. The van der Waals surface area contributed by atoms with Crippen molar-refractivity contribution >= 4 is 0 Å². The third kappa shape index (κ3) is 10.4. The van der Waals surface area contributed by atoms with Gasteiger partial charge < -0.3 is 9.47 Å². The normalized spacial score (nSPS) is 19.3. The summed E-state index contributed by atoms with van der Waals surface area (Å²) in [6.45, 7) is 3.28. The number of unbranched alkanes of at least 4 members (excludes halogenated alkanes) is 5. The van der Waals surface area contributed by atoms with E-state index in [4.69, 9.17) is 4.74 Å². The largest absolute Gasteiger partial charge is 0.388 e. The van der Waals surface area contributed by atoms with Crippen molar-refractivity contribution in [1.82, 2.24) is 0 Å². The van der Waals surface area contributed by atoms with Crippen LogP contribution >= 0.6 is 0 Å². The van der Waals surface area contributed by atoms with Crippen molar-refractivity contribution in [2.24, 2.45) is 0 Å². The van der Waals surface area contributed by atoms with Crippen LogP contribution in [0.5, 0.6) is 0 Å². The number of hydrogen-bond donors (Lipinski definition) is 0. The van der Waals surface area contributed by atoms with Crippen LogP contribution in [0.15, 0.2) is 0 Å². The molecule has 98 valence electrons. The van der Waals surface area contributed by atoms with Crippen LogP contribution in [0.1, 0.15) is 64.7 Å². The molecule has 2 heteroatoms. The molecule has 1 aliphatic rings. The lowest BCUT2D eigenvalue weighted by molar-refractivity contribution is 0.102. The molecule has 0 aromatic rings. The Bertz CT molecular complexity index is 120. The van der Waals surface area contributed by atoms with E-state index in [0.717, 1.165) is 6.61 Å². The summed E-state index contributed by atoms with van der Waals surface area (Å²) in [6, 6.07) is 0. The van der Waals surface area contributed by atoms with E-state index in [0.29, 0.717) is 6.10 Å². The molecule has 0 aromatic heterocycles. The first-order valence-electron chi connectivity index (χ1n) is 6.86. The van der Waals surface area contributed by atoms with E-state index in [2.05, 4.69) is 11.7 Å². The Labute approximate surface area is 102 Å². The van der Waals surface area contributed by atoms with Gasteiger partial charge in [-0.3, -0.25) is 0 Å². The average molecular weight is 230 g/mol. The van der Waals surface area contributed by atoms with Crippen molar-refractivity contribution < 1.29 is 9.47 Å². The van der Waals surface area contributed by atoms with Gasteiger partial charge in [0.1, 0.15) is 0 Å². The van der Waals surface area contributed by atoms with E-state index in [1.165, 1.54) is 57.8 Å². The van der Waals surface area contributed by atoms with Crippen LogP contribution in [0.25, 0.3) is 0 Å². The molecular weight excluding hydrogens is 200 g/mol. The minimum absolute atomic E-state index is 0.617. The summed E-state index contributed by atoms with van der Waals surface area (Å²) in [5.41, 5.74) is 0. The van der Waals surface area contributed by atoms with Gasteiger partial charge in [-0.15, -0.1) is 0 Å². The van der Waals surface area contributed by atoms with Gasteiger partial charge in [-0.1, -0.05) is 45.4 Å². The second-order valence-electron chi connectivity index (χ2n) is 4.60. The van der Waals surface area contributed by atoms with Gasteiger partial charge in [0.05, 0.1) is 6.10 Å². The number of ether oxygens (including phenoxy) is 2. The molecule has 0 N–H and O–H groups in total. The van der Waals surface area contributed by atoms with Crippen molar-refractivity contribution in [3.8, 4) is 0 Å². The second kappa shape index (κ2) is 13.0. The summed E-state index contributed by atoms with van der Waals surface area (Å²) in [7, 11) is 3.25. The summed E-state index contributed by atoms with van der Waals surface area (Å²) in [4.78, 5) is 0. The van der Waals surface area contributed by atoms with Gasteiger partial charge in [-0.2, -0.15) is 0 Å². The predicted molar refractivity (Wildman–Crippen MR) is 69.9 cm³/mol. The maximum Gasteiger partial charge on any atom is 0.0576 e. The monoisotopic (exact) mass is 230 g/mol. The first-order chi connectivity index (χ1) is 7.85. The van der Waals surface area contributed by atoms with E-state index >= 15 is 0 Å². The van der Waals surface area contributed by atoms with Crippen molar-refractivity contribution in [3.63, 3.8) is 0 Å². The molecule has 1 saturated heterocycles. The zero-order chi connectivity index (χ0) is 12.1. The summed E-state index contributed by atoms with van der Waals surface area (Å²) < 4.78 is 9.83. The van der Waals surface area contributed by atoms with Crippen LogP contribution in [0.4, 0.5) is 0 Å². The Balaban J connectivity index is 0.000000673. The molecule has 0 bridgehead atoms. The Morgan fingerprint density at radius 3 is 2.25 bits per heavy atom. The molecule has 0 radical (unpaired) electrons.